The van der Waals surface area contributed by atoms with E-state index in [-0.39, 0.29) is 12.5 Å². The number of aromatic nitrogens is 2. The Balaban J connectivity index is 1.74. The molecule has 0 fully saturated rings. The molecule has 0 radical (unpaired) electrons. The predicted octanol–water partition coefficient (Wildman–Crippen LogP) is 6.41. The zero-order chi connectivity index (χ0) is 22.0. The molecule has 158 valence electrons. The first kappa shape index (κ1) is 21.0. The van der Waals surface area contributed by atoms with E-state index in [0.717, 1.165) is 22.4 Å². The van der Waals surface area contributed by atoms with E-state index in [1.807, 2.05) is 36.4 Å². The maximum atomic E-state index is 12.0. The molecule has 0 aliphatic heterocycles. The molecule has 1 N–H and O–H groups in total. The number of rotatable bonds is 6. The monoisotopic (exact) mass is 454 g/mol. The molecule has 0 spiro atoms. The van der Waals surface area contributed by atoms with Crippen LogP contribution < -0.4 is 0 Å². The number of azo groups is 1. The predicted molar refractivity (Wildman–Crippen MR) is 121 cm³/mol. The number of fused-ring (bicyclic) bond motifs is 1. The van der Waals surface area contributed by atoms with Gasteiger partial charge >= 0.3 is 5.97 Å². The average Bonchev–Trinajstić information content (AvgIpc) is 3.25. The molecule has 0 atom stereocenters. The van der Waals surface area contributed by atoms with E-state index >= 15 is 0 Å². The van der Waals surface area contributed by atoms with E-state index < -0.39 is 5.97 Å². The van der Waals surface area contributed by atoms with Gasteiger partial charge in [0.25, 0.3) is 0 Å². The van der Waals surface area contributed by atoms with Crippen LogP contribution in [0.1, 0.15) is 27.9 Å². The summed E-state index contributed by atoms with van der Waals surface area (Å²) in [6.45, 7) is 4.20. The van der Waals surface area contributed by atoms with Crippen LogP contribution in [0, 0.1) is 6.92 Å². The van der Waals surface area contributed by atoms with Gasteiger partial charge < -0.3 is 14.4 Å². The van der Waals surface area contributed by atoms with Crippen molar-refractivity contribution >= 4 is 50.6 Å². The number of carbonyl (C=O) groups is 1. The van der Waals surface area contributed by atoms with Crippen molar-refractivity contribution in [1.82, 2.24) is 9.55 Å². The Morgan fingerprint density at radius 1 is 1.23 bits per heavy atom. The highest BCUT2D eigenvalue weighted by Crippen LogP contribution is 2.41. The highest BCUT2D eigenvalue weighted by molar-refractivity contribution is 7.17. The third kappa shape index (κ3) is 4.30. The molecule has 0 bridgehead atoms. The number of nitrogens with zero attached hydrogens (tertiary/aromatic N) is 4. The van der Waals surface area contributed by atoms with Gasteiger partial charge in [0.15, 0.2) is 5.69 Å². The first-order valence-corrected chi connectivity index (χ1v) is 10.8. The summed E-state index contributed by atoms with van der Waals surface area (Å²) in [5, 5.41) is 20.9. The van der Waals surface area contributed by atoms with Crippen molar-refractivity contribution in [3.8, 4) is 5.88 Å². The molecule has 0 amide bonds. The summed E-state index contributed by atoms with van der Waals surface area (Å²) >= 11 is 7.28. The lowest BCUT2D eigenvalue weighted by Crippen LogP contribution is -2.03. The Morgan fingerprint density at radius 2 is 2.00 bits per heavy atom. The smallest absolute Gasteiger partial charge is 0.350 e. The molecule has 0 unspecified atom stereocenters. The van der Waals surface area contributed by atoms with E-state index in [0.29, 0.717) is 38.3 Å². The summed E-state index contributed by atoms with van der Waals surface area (Å²) in [6, 6.07) is 15.1. The molecule has 4 rings (SSSR count). The van der Waals surface area contributed by atoms with Gasteiger partial charge in [-0.3, -0.25) is 0 Å². The standard InChI is InChI=1S/C22H19ClN4O3S/c1-3-30-21(29)19-13(2)24-22(31-19)26-25-18-16-11-15(23)9-10-17(16)27(20(18)28)12-14-7-5-4-6-8-14/h4-11,28H,3,12H2,1-2H3. The Hall–Kier alpha value is -3.23. The van der Waals surface area contributed by atoms with Gasteiger partial charge in [-0.1, -0.05) is 53.3 Å². The number of hydrogen-bond acceptors (Lipinski definition) is 7. The van der Waals surface area contributed by atoms with E-state index in [1.165, 1.54) is 0 Å². The van der Waals surface area contributed by atoms with Gasteiger partial charge in [-0.15, -0.1) is 10.2 Å². The molecular formula is C22H19ClN4O3S. The van der Waals surface area contributed by atoms with Gasteiger partial charge in [0.2, 0.25) is 11.0 Å². The van der Waals surface area contributed by atoms with Gasteiger partial charge in [0, 0.05) is 10.4 Å². The maximum absolute atomic E-state index is 12.0. The quantitative estimate of drug-likeness (QED) is 0.269. The molecule has 0 aliphatic carbocycles. The van der Waals surface area contributed by atoms with Crippen LogP contribution in [0.2, 0.25) is 5.02 Å². The summed E-state index contributed by atoms with van der Waals surface area (Å²) in [7, 11) is 0. The topological polar surface area (TPSA) is 89.1 Å². The third-order valence-corrected chi connectivity index (χ3v) is 5.89. The van der Waals surface area contributed by atoms with Crippen LogP contribution >= 0.6 is 22.9 Å². The zero-order valence-electron chi connectivity index (χ0n) is 16.9. The molecule has 9 heteroatoms. The molecule has 7 nitrogen and oxygen atoms in total. The minimum atomic E-state index is -0.437. The summed E-state index contributed by atoms with van der Waals surface area (Å²) < 4.78 is 6.79. The molecule has 2 heterocycles. The van der Waals surface area contributed by atoms with E-state index in [9.17, 15) is 9.90 Å². The SMILES string of the molecule is CCOC(=O)c1sc(N=Nc2c(O)n(Cc3ccccc3)c3ccc(Cl)cc23)nc1C. The number of halogens is 1. The fourth-order valence-corrected chi connectivity index (χ4v) is 4.18. The third-order valence-electron chi connectivity index (χ3n) is 4.64. The van der Waals surface area contributed by atoms with Gasteiger partial charge in [-0.05, 0) is 37.6 Å². The maximum Gasteiger partial charge on any atom is 0.350 e. The fraction of sp³-hybridized carbons (Fsp3) is 0.182. The summed E-state index contributed by atoms with van der Waals surface area (Å²) in [5.74, 6) is -0.461. The van der Waals surface area contributed by atoms with Crippen molar-refractivity contribution in [3.05, 3.63) is 69.7 Å². The minimum absolute atomic E-state index is 0.0243. The van der Waals surface area contributed by atoms with E-state index in [1.54, 1.807) is 30.5 Å². The Kier molecular flexibility index (Phi) is 6.01. The summed E-state index contributed by atoms with van der Waals surface area (Å²) in [4.78, 5) is 16.7. The van der Waals surface area contributed by atoms with Crippen LogP contribution in [0.4, 0.5) is 10.8 Å². The van der Waals surface area contributed by atoms with Crippen LogP contribution in [0.3, 0.4) is 0 Å². The normalized spacial score (nSPS) is 11.5. The molecule has 2 aromatic carbocycles. The molecular weight excluding hydrogens is 436 g/mol. The lowest BCUT2D eigenvalue weighted by Gasteiger charge is -2.07. The molecule has 31 heavy (non-hydrogen) atoms. The van der Waals surface area contributed by atoms with Gasteiger partial charge in [-0.2, -0.15) is 0 Å². The number of esters is 1. The number of aryl methyl sites for hydroxylation is 1. The lowest BCUT2D eigenvalue weighted by atomic mass is 10.2. The van der Waals surface area contributed by atoms with Crippen molar-refractivity contribution < 1.29 is 14.6 Å². The van der Waals surface area contributed by atoms with Crippen molar-refractivity contribution in [1.29, 1.82) is 0 Å². The number of aromatic hydroxyl groups is 1. The molecule has 0 saturated heterocycles. The van der Waals surface area contributed by atoms with Gasteiger partial charge in [0.05, 0.1) is 24.4 Å². The number of thiazole rings is 1. The second-order valence-electron chi connectivity index (χ2n) is 6.74. The largest absolute Gasteiger partial charge is 0.493 e. The number of carbonyl (C=O) groups excluding carboxylic acids is 1. The van der Waals surface area contributed by atoms with Crippen molar-refractivity contribution in [3.63, 3.8) is 0 Å². The molecule has 4 aromatic rings. The lowest BCUT2D eigenvalue weighted by molar-refractivity contribution is 0.0531. The highest BCUT2D eigenvalue weighted by Gasteiger charge is 2.19. The second kappa shape index (κ2) is 8.87. The van der Waals surface area contributed by atoms with Crippen LogP contribution in [0.5, 0.6) is 5.88 Å². The van der Waals surface area contributed by atoms with E-state index in [4.69, 9.17) is 16.3 Å². The van der Waals surface area contributed by atoms with Crippen LogP contribution in [-0.2, 0) is 11.3 Å². The minimum Gasteiger partial charge on any atom is -0.493 e. The van der Waals surface area contributed by atoms with Crippen molar-refractivity contribution in [2.45, 2.75) is 20.4 Å². The number of benzene rings is 2. The van der Waals surface area contributed by atoms with Gasteiger partial charge in [-0.25, -0.2) is 9.78 Å². The van der Waals surface area contributed by atoms with Crippen molar-refractivity contribution in [2.24, 2.45) is 10.2 Å². The Morgan fingerprint density at radius 3 is 2.74 bits per heavy atom. The Labute approximate surface area is 187 Å². The molecule has 0 aliphatic rings. The van der Waals surface area contributed by atoms with Crippen LogP contribution in [-0.4, -0.2) is 27.2 Å². The Bertz CT molecular complexity index is 1280. The van der Waals surface area contributed by atoms with Gasteiger partial charge in [0.1, 0.15) is 4.88 Å². The second-order valence-corrected chi connectivity index (χ2v) is 8.15. The zero-order valence-corrected chi connectivity index (χ0v) is 18.4. The van der Waals surface area contributed by atoms with E-state index in [2.05, 4.69) is 15.2 Å². The van der Waals surface area contributed by atoms with Crippen LogP contribution in [0.15, 0.2) is 58.8 Å². The molecule has 2 aromatic heterocycles. The first-order valence-electron chi connectivity index (χ1n) is 9.59. The number of hydrogen-bond donors (Lipinski definition) is 1. The summed E-state index contributed by atoms with van der Waals surface area (Å²) in [6.07, 6.45) is 0. The first-order chi connectivity index (χ1) is 15.0. The number of ether oxygens (including phenoxy) is 1. The highest BCUT2D eigenvalue weighted by atomic mass is 35.5. The average molecular weight is 455 g/mol. The van der Waals surface area contributed by atoms with Crippen molar-refractivity contribution in [2.75, 3.05) is 6.61 Å². The molecule has 0 saturated carbocycles. The fourth-order valence-electron chi connectivity index (χ4n) is 3.22. The summed E-state index contributed by atoms with van der Waals surface area (Å²) in [5.41, 5.74) is 2.63. The van der Waals surface area contributed by atoms with Crippen LogP contribution in [0.25, 0.3) is 10.9 Å².